The summed E-state index contributed by atoms with van der Waals surface area (Å²) in [6, 6.07) is 1.78. The number of carbonyl (C=O) groups is 1. The second-order valence-electron chi connectivity index (χ2n) is 7.35. The van der Waals surface area contributed by atoms with E-state index in [0.29, 0.717) is 11.8 Å². The average Bonchev–Trinajstić information content (AvgIpc) is 3.30. The lowest BCUT2D eigenvalue weighted by atomic mass is 9.93. The van der Waals surface area contributed by atoms with Gasteiger partial charge in [-0.2, -0.15) is 5.10 Å². The molecule has 0 bridgehead atoms. The van der Waals surface area contributed by atoms with Crippen molar-refractivity contribution in [1.29, 1.82) is 0 Å². The van der Waals surface area contributed by atoms with E-state index in [2.05, 4.69) is 23.9 Å². The van der Waals surface area contributed by atoms with Crippen LogP contribution in [0.2, 0.25) is 0 Å². The number of aromatic nitrogens is 4. The van der Waals surface area contributed by atoms with Crippen LogP contribution in [-0.4, -0.2) is 43.2 Å². The Morgan fingerprint density at radius 2 is 1.96 bits per heavy atom. The van der Waals surface area contributed by atoms with E-state index in [1.165, 1.54) is 0 Å². The number of hydrogen-bond donors (Lipinski definition) is 0. The molecule has 0 saturated carbocycles. The second-order valence-corrected chi connectivity index (χ2v) is 7.35. The molecule has 2 aromatic rings. The predicted octanol–water partition coefficient (Wildman–Crippen LogP) is 3.09. The molecule has 0 N–H and O–H groups in total. The molecular weight excluding hydrogens is 314 g/mol. The van der Waals surface area contributed by atoms with E-state index in [-0.39, 0.29) is 11.9 Å². The molecule has 1 aliphatic heterocycles. The molecule has 1 saturated heterocycles. The van der Waals surface area contributed by atoms with E-state index in [4.69, 9.17) is 0 Å². The van der Waals surface area contributed by atoms with E-state index in [0.717, 1.165) is 44.7 Å². The van der Waals surface area contributed by atoms with Crippen molar-refractivity contribution in [1.82, 2.24) is 24.2 Å². The second kappa shape index (κ2) is 7.85. The number of rotatable bonds is 6. The number of amides is 1. The maximum atomic E-state index is 12.9. The van der Waals surface area contributed by atoms with Crippen LogP contribution in [0, 0.1) is 5.92 Å². The Hall–Kier alpha value is -2.11. The summed E-state index contributed by atoms with van der Waals surface area (Å²) in [5.41, 5.74) is 0. The molecule has 0 unspecified atom stereocenters. The Balaban J connectivity index is 1.51. The van der Waals surface area contributed by atoms with Crippen molar-refractivity contribution in [3.8, 4) is 0 Å². The van der Waals surface area contributed by atoms with Crippen molar-refractivity contribution >= 4 is 5.91 Å². The molecule has 1 amide bonds. The molecule has 2 aromatic heterocycles. The first-order valence-electron chi connectivity index (χ1n) is 9.35. The summed E-state index contributed by atoms with van der Waals surface area (Å²) in [6.45, 7) is 8.90. The molecule has 0 aliphatic carbocycles. The standard InChI is InChI=1S/C19H29N5O/c1-15(2)18-20-9-14-24(18)16(3)19(25)22-11-5-17(6-12-22)7-13-23-10-4-8-21-23/h4,8-10,14-17H,5-7,11-13H2,1-3H3/t16-/m0/s1. The summed E-state index contributed by atoms with van der Waals surface area (Å²) in [6.07, 6.45) is 10.9. The van der Waals surface area contributed by atoms with Crippen LogP contribution in [0.1, 0.15) is 57.8 Å². The number of aryl methyl sites for hydroxylation is 1. The Labute approximate surface area is 149 Å². The first-order chi connectivity index (χ1) is 12.1. The largest absolute Gasteiger partial charge is 0.341 e. The summed E-state index contributed by atoms with van der Waals surface area (Å²) in [4.78, 5) is 19.3. The maximum Gasteiger partial charge on any atom is 0.245 e. The van der Waals surface area contributed by atoms with E-state index < -0.39 is 0 Å². The van der Waals surface area contributed by atoms with Crippen molar-refractivity contribution in [2.24, 2.45) is 5.92 Å². The van der Waals surface area contributed by atoms with Crippen LogP contribution >= 0.6 is 0 Å². The van der Waals surface area contributed by atoms with Crippen LogP contribution in [0.15, 0.2) is 30.9 Å². The van der Waals surface area contributed by atoms with Crippen molar-refractivity contribution in [2.45, 2.75) is 58.5 Å². The van der Waals surface area contributed by atoms with E-state index in [1.807, 2.05) is 45.7 Å². The van der Waals surface area contributed by atoms with Gasteiger partial charge in [-0.15, -0.1) is 0 Å². The normalized spacial score (nSPS) is 17.2. The zero-order chi connectivity index (χ0) is 17.8. The average molecular weight is 343 g/mol. The van der Waals surface area contributed by atoms with E-state index >= 15 is 0 Å². The van der Waals surface area contributed by atoms with Gasteiger partial charge in [-0.25, -0.2) is 4.98 Å². The number of carbonyl (C=O) groups excluding carboxylic acids is 1. The van der Waals surface area contributed by atoms with Crippen molar-refractivity contribution in [3.05, 3.63) is 36.7 Å². The fourth-order valence-electron chi connectivity index (χ4n) is 3.67. The molecule has 1 fully saturated rings. The van der Waals surface area contributed by atoms with Gasteiger partial charge in [0.1, 0.15) is 11.9 Å². The molecule has 1 aliphatic rings. The molecule has 0 radical (unpaired) electrons. The number of likely N-dealkylation sites (tertiary alicyclic amines) is 1. The molecule has 0 aromatic carbocycles. The van der Waals surface area contributed by atoms with Crippen LogP contribution in [0.4, 0.5) is 0 Å². The molecule has 136 valence electrons. The van der Waals surface area contributed by atoms with Gasteiger partial charge < -0.3 is 9.47 Å². The summed E-state index contributed by atoms with van der Waals surface area (Å²) >= 11 is 0. The topological polar surface area (TPSA) is 56.0 Å². The van der Waals surface area contributed by atoms with Gasteiger partial charge >= 0.3 is 0 Å². The zero-order valence-corrected chi connectivity index (χ0v) is 15.5. The highest BCUT2D eigenvalue weighted by Crippen LogP contribution is 2.24. The van der Waals surface area contributed by atoms with E-state index in [9.17, 15) is 4.79 Å². The van der Waals surface area contributed by atoms with Gasteiger partial charge in [-0.05, 0) is 38.2 Å². The first kappa shape index (κ1) is 17.7. The third-order valence-corrected chi connectivity index (χ3v) is 5.24. The number of imidazole rings is 1. The van der Waals surface area contributed by atoms with Crippen molar-refractivity contribution in [3.63, 3.8) is 0 Å². The smallest absolute Gasteiger partial charge is 0.245 e. The van der Waals surface area contributed by atoms with Crippen LogP contribution in [-0.2, 0) is 11.3 Å². The summed E-state index contributed by atoms with van der Waals surface area (Å²) in [7, 11) is 0. The molecule has 0 spiro atoms. The summed E-state index contributed by atoms with van der Waals surface area (Å²) in [5.74, 6) is 2.20. The fourth-order valence-corrected chi connectivity index (χ4v) is 3.67. The Bertz CT molecular complexity index is 668. The molecule has 1 atom stereocenters. The van der Waals surface area contributed by atoms with Gasteiger partial charge in [-0.3, -0.25) is 9.48 Å². The summed E-state index contributed by atoms with van der Waals surface area (Å²) in [5, 5.41) is 4.26. The molecule has 25 heavy (non-hydrogen) atoms. The van der Waals surface area contributed by atoms with Gasteiger partial charge in [0, 0.05) is 50.3 Å². The lowest BCUT2D eigenvalue weighted by Gasteiger charge is -2.34. The van der Waals surface area contributed by atoms with Crippen LogP contribution in [0.3, 0.4) is 0 Å². The number of piperidine rings is 1. The SMILES string of the molecule is CC(C)c1nccn1[C@@H](C)C(=O)N1CCC(CCn2cccn2)CC1. The Kier molecular flexibility index (Phi) is 5.56. The fraction of sp³-hybridized carbons (Fsp3) is 0.632. The molecular formula is C19H29N5O. The Morgan fingerprint density at radius 3 is 2.60 bits per heavy atom. The maximum absolute atomic E-state index is 12.9. The minimum Gasteiger partial charge on any atom is -0.341 e. The molecule has 3 rings (SSSR count). The van der Waals surface area contributed by atoms with Crippen molar-refractivity contribution < 1.29 is 4.79 Å². The molecule has 6 nitrogen and oxygen atoms in total. The quantitative estimate of drug-likeness (QED) is 0.810. The van der Waals surface area contributed by atoms with Crippen LogP contribution in [0.25, 0.3) is 0 Å². The first-order valence-corrected chi connectivity index (χ1v) is 9.35. The Morgan fingerprint density at radius 1 is 1.20 bits per heavy atom. The minimum absolute atomic E-state index is 0.180. The lowest BCUT2D eigenvalue weighted by molar-refractivity contribution is -0.135. The van der Waals surface area contributed by atoms with Gasteiger partial charge in [0.15, 0.2) is 0 Å². The summed E-state index contributed by atoms with van der Waals surface area (Å²) < 4.78 is 4.02. The van der Waals surface area contributed by atoms with E-state index in [1.54, 1.807) is 6.20 Å². The predicted molar refractivity (Wildman–Crippen MR) is 97.2 cm³/mol. The molecule has 3 heterocycles. The van der Waals surface area contributed by atoms with Crippen LogP contribution in [0.5, 0.6) is 0 Å². The highest BCUT2D eigenvalue weighted by molar-refractivity contribution is 5.80. The van der Waals surface area contributed by atoms with Gasteiger partial charge in [-0.1, -0.05) is 13.8 Å². The third-order valence-electron chi connectivity index (χ3n) is 5.24. The number of hydrogen-bond acceptors (Lipinski definition) is 3. The minimum atomic E-state index is -0.180. The monoisotopic (exact) mass is 343 g/mol. The van der Waals surface area contributed by atoms with Crippen LogP contribution < -0.4 is 0 Å². The van der Waals surface area contributed by atoms with Gasteiger partial charge in [0.05, 0.1) is 0 Å². The zero-order valence-electron chi connectivity index (χ0n) is 15.5. The number of nitrogens with zero attached hydrogens (tertiary/aromatic N) is 5. The molecule has 6 heteroatoms. The van der Waals surface area contributed by atoms with Gasteiger partial charge in [0.2, 0.25) is 5.91 Å². The third kappa shape index (κ3) is 4.11. The van der Waals surface area contributed by atoms with Crippen molar-refractivity contribution in [2.75, 3.05) is 13.1 Å². The highest BCUT2D eigenvalue weighted by atomic mass is 16.2. The highest BCUT2D eigenvalue weighted by Gasteiger charge is 2.28. The van der Waals surface area contributed by atoms with Gasteiger partial charge in [0.25, 0.3) is 0 Å². The lowest BCUT2D eigenvalue weighted by Crippen LogP contribution is -2.42.